The molecule has 0 aromatic rings. The molecule has 3 atom stereocenters. The fourth-order valence-corrected chi connectivity index (χ4v) is 2.69. The van der Waals surface area contributed by atoms with Crippen molar-refractivity contribution in [2.75, 3.05) is 40.3 Å². The van der Waals surface area contributed by atoms with Gasteiger partial charge in [0, 0.05) is 25.2 Å². The molecule has 0 aromatic heterocycles. The monoisotopic (exact) mass is 227 g/mol. The molecule has 1 N–H and O–H groups in total. The van der Waals surface area contributed by atoms with Gasteiger partial charge in [-0.25, -0.2) is 0 Å². The minimum atomic E-state index is 0.714. The zero-order chi connectivity index (χ0) is 12.1. The van der Waals surface area contributed by atoms with Crippen LogP contribution in [0, 0.1) is 5.92 Å². The Kier molecular flexibility index (Phi) is 5.73. The van der Waals surface area contributed by atoms with Crippen LogP contribution in [0.15, 0.2) is 0 Å². The highest BCUT2D eigenvalue weighted by atomic mass is 15.3. The quantitative estimate of drug-likeness (QED) is 0.689. The predicted octanol–water partition coefficient (Wildman–Crippen LogP) is 1.26. The lowest BCUT2D eigenvalue weighted by Gasteiger charge is -2.26. The molecule has 3 nitrogen and oxygen atoms in total. The number of likely N-dealkylation sites (tertiary alicyclic amines) is 1. The fourth-order valence-electron chi connectivity index (χ4n) is 2.69. The van der Waals surface area contributed by atoms with Crippen LogP contribution in [-0.2, 0) is 0 Å². The Labute approximate surface area is 101 Å². The Morgan fingerprint density at radius 3 is 2.56 bits per heavy atom. The predicted molar refractivity (Wildman–Crippen MR) is 70.8 cm³/mol. The molecule has 1 aliphatic heterocycles. The van der Waals surface area contributed by atoms with Crippen molar-refractivity contribution in [1.29, 1.82) is 0 Å². The van der Waals surface area contributed by atoms with Crippen LogP contribution in [0.5, 0.6) is 0 Å². The summed E-state index contributed by atoms with van der Waals surface area (Å²) in [5, 5.41) is 3.41. The summed E-state index contributed by atoms with van der Waals surface area (Å²) in [6.45, 7) is 11.6. The Balaban J connectivity index is 2.33. The van der Waals surface area contributed by atoms with E-state index in [4.69, 9.17) is 0 Å². The molecule has 0 saturated carbocycles. The lowest BCUT2D eigenvalue weighted by atomic mass is 10.1. The average Bonchev–Trinajstić information content (AvgIpc) is 2.60. The zero-order valence-corrected chi connectivity index (χ0v) is 11.7. The molecule has 0 spiro atoms. The molecule has 16 heavy (non-hydrogen) atoms. The molecule has 0 amide bonds. The first-order chi connectivity index (χ1) is 7.56. The fraction of sp³-hybridized carbons (Fsp3) is 1.00. The minimum Gasteiger partial charge on any atom is -0.317 e. The second kappa shape index (κ2) is 6.58. The Morgan fingerprint density at radius 1 is 1.38 bits per heavy atom. The summed E-state index contributed by atoms with van der Waals surface area (Å²) < 4.78 is 0. The van der Waals surface area contributed by atoms with Crippen molar-refractivity contribution in [3.8, 4) is 0 Å². The van der Waals surface area contributed by atoms with Crippen LogP contribution in [0.4, 0.5) is 0 Å². The molecule has 0 aliphatic carbocycles. The van der Waals surface area contributed by atoms with Gasteiger partial charge in [0.2, 0.25) is 0 Å². The zero-order valence-electron chi connectivity index (χ0n) is 11.7. The summed E-state index contributed by atoms with van der Waals surface area (Å²) in [5.74, 6) is 0.802. The first-order valence-electron chi connectivity index (χ1n) is 6.67. The normalized spacial score (nSPS) is 28.9. The van der Waals surface area contributed by atoms with E-state index in [0.717, 1.165) is 25.0 Å². The third-order valence-electron chi connectivity index (χ3n) is 3.88. The summed E-state index contributed by atoms with van der Waals surface area (Å²) in [6.07, 6.45) is 1.26. The van der Waals surface area contributed by atoms with Crippen molar-refractivity contribution in [3.63, 3.8) is 0 Å². The molecule has 0 bridgehead atoms. The molecule has 1 saturated heterocycles. The largest absolute Gasteiger partial charge is 0.317 e. The molecule has 3 unspecified atom stereocenters. The van der Waals surface area contributed by atoms with Crippen LogP contribution in [0.2, 0.25) is 0 Å². The number of hydrogen-bond donors (Lipinski definition) is 1. The number of hydrogen-bond acceptors (Lipinski definition) is 3. The summed E-state index contributed by atoms with van der Waals surface area (Å²) in [6, 6.07) is 1.45. The van der Waals surface area contributed by atoms with Crippen molar-refractivity contribution in [2.24, 2.45) is 5.92 Å². The van der Waals surface area contributed by atoms with E-state index < -0.39 is 0 Å². The Bertz CT molecular complexity index is 194. The number of rotatable bonds is 6. The minimum absolute atomic E-state index is 0.714. The van der Waals surface area contributed by atoms with Gasteiger partial charge in [0.15, 0.2) is 0 Å². The molecular weight excluding hydrogens is 198 g/mol. The SMILES string of the molecule is CCNCCC(C)N1CC(C)C(N(C)C)C1. The van der Waals surface area contributed by atoms with E-state index in [2.05, 4.69) is 50.0 Å². The maximum Gasteiger partial charge on any atom is 0.0254 e. The second-order valence-corrected chi connectivity index (χ2v) is 5.45. The van der Waals surface area contributed by atoms with E-state index in [-0.39, 0.29) is 0 Å². The maximum atomic E-state index is 3.41. The molecule has 0 radical (unpaired) electrons. The summed E-state index contributed by atoms with van der Waals surface area (Å²) in [4.78, 5) is 5.02. The van der Waals surface area contributed by atoms with Gasteiger partial charge in [0.25, 0.3) is 0 Å². The highest BCUT2D eigenvalue weighted by molar-refractivity contribution is 4.88. The molecule has 1 rings (SSSR count). The van der Waals surface area contributed by atoms with Crippen molar-refractivity contribution in [2.45, 2.75) is 39.3 Å². The smallest absolute Gasteiger partial charge is 0.0254 e. The topological polar surface area (TPSA) is 18.5 Å². The van der Waals surface area contributed by atoms with Gasteiger partial charge in [-0.2, -0.15) is 0 Å². The first kappa shape index (κ1) is 13.9. The van der Waals surface area contributed by atoms with Crippen LogP contribution in [0.3, 0.4) is 0 Å². The molecule has 3 heteroatoms. The van der Waals surface area contributed by atoms with E-state index >= 15 is 0 Å². The van der Waals surface area contributed by atoms with Crippen molar-refractivity contribution in [3.05, 3.63) is 0 Å². The molecule has 1 fully saturated rings. The lowest BCUT2D eigenvalue weighted by molar-refractivity contribution is 0.217. The van der Waals surface area contributed by atoms with E-state index in [1.54, 1.807) is 0 Å². The lowest BCUT2D eigenvalue weighted by Crippen LogP contribution is -2.37. The molecular formula is C13H29N3. The van der Waals surface area contributed by atoms with E-state index in [1.165, 1.54) is 19.5 Å². The van der Waals surface area contributed by atoms with Crippen LogP contribution in [-0.4, -0.2) is 62.2 Å². The van der Waals surface area contributed by atoms with Crippen LogP contribution < -0.4 is 5.32 Å². The Hall–Kier alpha value is -0.120. The van der Waals surface area contributed by atoms with E-state index in [0.29, 0.717) is 6.04 Å². The van der Waals surface area contributed by atoms with Crippen LogP contribution in [0.25, 0.3) is 0 Å². The standard InChI is InChI=1S/C13H29N3/c1-6-14-8-7-12(3)16-9-11(2)13(10-16)15(4)5/h11-14H,6-10H2,1-5H3. The van der Waals surface area contributed by atoms with E-state index in [1.807, 2.05) is 0 Å². The van der Waals surface area contributed by atoms with Crippen LogP contribution in [0.1, 0.15) is 27.2 Å². The summed E-state index contributed by atoms with van der Waals surface area (Å²) in [5.41, 5.74) is 0. The highest BCUT2D eigenvalue weighted by Gasteiger charge is 2.32. The average molecular weight is 227 g/mol. The number of likely N-dealkylation sites (N-methyl/N-ethyl adjacent to an activating group) is 1. The molecule has 96 valence electrons. The Morgan fingerprint density at radius 2 is 2.06 bits per heavy atom. The number of nitrogens with zero attached hydrogens (tertiary/aromatic N) is 2. The van der Waals surface area contributed by atoms with Gasteiger partial charge in [-0.3, -0.25) is 4.90 Å². The van der Waals surface area contributed by atoms with E-state index in [9.17, 15) is 0 Å². The summed E-state index contributed by atoms with van der Waals surface area (Å²) in [7, 11) is 4.40. The summed E-state index contributed by atoms with van der Waals surface area (Å²) >= 11 is 0. The van der Waals surface area contributed by atoms with Gasteiger partial charge in [-0.05, 0) is 46.4 Å². The van der Waals surface area contributed by atoms with Gasteiger partial charge in [0.1, 0.15) is 0 Å². The van der Waals surface area contributed by atoms with Gasteiger partial charge >= 0.3 is 0 Å². The molecule has 1 aliphatic rings. The van der Waals surface area contributed by atoms with Gasteiger partial charge in [-0.15, -0.1) is 0 Å². The van der Waals surface area contributed by atoms with Crippen molar-refractivity contribution in [1.82, 2.24) is 15.1 Å². The van der Waals surface area contributed by atoms with Gasteiger partial charge in [0.05, 0.1) is 0 Å². The van der Waals surface area contributed by atoms with Gasteiger partial charge < -0.3 is 10.2 Å². The third kappa shape index (κ3) is 3.72. The molecule has 1 heterocycles. The van der Waals surface area contributed by atoms with Crippen molar-refractivity contribution >= 4 is 0 Å². The number of nitrogens with one attached hydrogen (secondary N) is 1. The molecule has 0 aromatic carbocycles. The van der Waals surface area contributed by atoms with Crippen molar-refractivity contribution < 1.29 is 0 Å². The third-order valence-corrected chi connectivity index (χ3v) is 3.88. The second-order valence-electron chi connectivity index (χ2n) is 5.45. The van der Waals surface area contributed by atoms with Gasteiger partial charge in [-0.1, -0.05) is 13.8 Å². The van der Waals surface area contributed by atoms with Crippen LogP contribution >= 0.6 is 0 Å². The maximum absolute atomic E-state index is 3.41. The highest BCUT2D eigenvalue weighted by Crippen LogP contribution is 2.22. The first-order valence-corrected chi connectivity index (χ1v) is 6.67.